The molecule has 3 nitrogen and oxygen atoms in total. The van der Waals surface area contributed by atoms with Gasteiger partial charge in [-0.2, -0.15) is 0 Å². The number of hydrogen-bond acceptors (Lipinski definition) is 2. The Labute approximate surface area is 94.0 Å². The van der Waals surface area contributed by atoms with Crippen molar-refractivity contribution in [3.63, 3.8) is 0 Å². The van der Waals surface area contributed by atoms with Crippen LogP contribution in [0, 0.1) is 12.7 Å². The van der Waals surface area contributed by atoms with Gasteiger partial charge in [0.1, 0.15) is 5.82 Å². The lowest BCUT2D eigenvalue weighted by Gasteiger charge is -2.18. The highest BCUT2D eigenvalue weighted by Gasteiger charge is 2.22. The average Bonchev–Trinajstić information content (AvgIpc) is 2.43. The van der Waals surface area contributed by atoms with Gasteiger partial charge >= 0.3 is 0 Å². The minimum absolute atomic E-state index is 0.0300. The quantitative estimate of drug-likeness (QED) is 0.751. The summed E-state index contributed by atoms with van der Waals surface area (Å²) in [4.78, 5) is 11.4. The van der Waals surface area contributed by atoms with E-state index in [-0.39, 0.29) is 17.8 Å². The summed E-state index contributed by atoms with van der Waals surface area (Å²) in [6, 6.07) is 4.77. The number of aryl methyl sites for hydroxylation is 1. The van der Waals surface area contributed by atoms with Gasteiger partial charge in [0.2, 0.25) is 5.91 Å². The van der Waals surface area contributed by atoms with Crippen molar-refractivity contribution < 1.29 is 9.18 Å². The minimum Gasteiger partial charge on any atom is -0.355 e. The van der Waals surface area contributed by atoms with Crippen molar-refractivity contribution in [1.29, 1.82) is 0 Å². The SMILES string of the molecule is Cc1cccc(F)c1C1CC(=O)NCCN1. The number of amides is 1. The van der Waals surface area contributed by atoms with E-state index in [4.69, 9.17) is 0 Å². The molecule has 86 valence electrons. The molecule has 2 rings (SSSR count). The number of hydrogen-bond donors (Lipinski definition) is 2. The Morgan fingerprint density at radius 2 is 2.19 bits per heavy atom. The molecule has 1 aromatic rings. The van der Waals surface area contributed by atoms with Crippen LogP contribution in [0.1, 0.15) is 23.6 Å². The molecule has 1 unspecified atom stereocenters. The van der Waals surface area contributed by atoms with Crippen LogP contribution in [0.3, 0.4) is 0 Å². The van der Waals surface area contributed by atoms with E-state index in [1.54, 1.807) is 6.07 Å². The smallest absolute Gasteiger partial charge is 0.221 e. The lowest BCUT2D eigenvalue weighted by Crippen LogP contribution is -2.25. The fraction of sp³-hybridized carbons (Fsp3) is 0.417. The van der Waals surface area contributed by atoms with Gasteiger partial charge in [0.25, 0.3) is 0 Å². The number of carbonyl (C=O) groups is 1. The zero-order valence-electron chi connectivity index (χ0n) is 9.22. The highest BCUT2D eigenvalue weighted by Crippen LogP contribution is 2.24. The standard InChI is InChI=1S/C12H15FN2O/c1-8-3-2-4-9(13)12(8)10-7-11(16)15-6-5-14-10/h2-4,10,14H,5-7H2,1H3,(H,15,16). The molecule has 0 aliphatic carbocycles. The van der Waals surface area contributed by atoms with Gasteiger partial charge in [0.15, 0.2) is 0 Å². The fourth-order valence-electron chi connectivity index (χ4n) is 2.07. The first-order valence-electron chi connectivity index (χ1n) is 5.43. The Hall–Kier alpha value is -1.42. The Morgan fingerprint density at radius 3 is 2.94 bits per heavy atom. The molecule has 1 aromatic carbocycles. The summed E-state index contributed by atoms with van der Waals surface area (Å²) in [5.41, 5.74) is 1.49. The second kappa shape index (κ2) is 4.61. The first-order valence-corrected chi connectivity index (χ1v) is 5.43. The van der Waals surface area contributed by atoms with E-state index < -0.39 is 0 Å². The third kappa shape index (κ3) is 2.22. The molecule has 0 bridgehead atoms. The van der Waals surface area contributed by atoms with E-state index in [1.165, 1.54) is 6.07 Å². The van der Waals surface area contributed by atoms with E-state index in [0.29, 0.717) is 25.1 Å². The molecule has 2 N–H and O–H groups in total. The lowest BCUT2D eigenvalue weighted by molar-refractivity contribution is -0.121. The van der Waals surface area contributed by atoms with E-state index in [0.717, 1.165) is 5.56 Å². The summed E-state index contributed by atoms with van der Waals surface area (Å²) in [6.45, 7) is 3.13. The van der Waals surface area contributed by atoms with Gasteiger partial charge in [0.05, 0.1) is 0 Å². The molecule has 16 heavy (non-hydrogen) atoms. The summed E-state index contributed by atoms with van der Waals surface area (Å²) in [5.74, 6) is -0.273. The summed E-state index contributed by atoms with van der Waals surface area (Å²) < 4.78 is 13.7. The summed E-state index contributed by atoms with van der Waals surface area (Å²) in [7, 11) is 0. The van der Waals surface area contributed by atoms with Crippen molar-refractivity contribution in [2.75, 3.05) is 13.1 Å². The molecule has 1 heterocycles. The zero-order valence-corrected chi connectivity index (χ0v) is 9.22. The van der Waals surface area contributed by atoms with Gasteiger partial charge in [-0.3, -0.25) is 4.79 Å². The minimum atomic E-state index is -0.243. The highest BCUT2D eigenvalue weighted by atomic mass is 19.1. The molecule has 0 radical (unpaired) electrons. The molecule has 1 aliphatic rings. The van der Waals surface area contributed by atoms with Gasteiger partial charge in [0, 0.05) is 31.1 Å². The van der Waals surface area contributed by atoms with Gasteiger partial charge in [-0.1, -0.05) is 12.1 Å². The maximum Gasteiger partial charge on any atom is 0.221 e. The first-order chi connectivity index (χ1) is 7.68. The van der Waals surface area contributed by atoms with Crippen molar-refractivity contribution >= 4 is 5.91 Å². The Kier molecular flexibility index (Phi) is 3.19. The van der Waals surface area contributed by atoms with Gasteiger partial charge in [-0.05, 0) is 18.6 Å². The second-order valence-electron chi connectivity index (χ2n) is 4.03. The molecule has 1 amide bonds. The van der Waals surface area contributed by atoms with Gasteiger partial charge in [-0.25, -0.2) is 4.39 Å². The number of halogens is 1. The lowest BCUT2D eigenvalue weighted by atomic mass is 9.98. The fourth-order valence-corrected chi connectivity index (χ4v) is 2.07. The number of benzene rings is 1. The molecule has 1 saturated heterocycles. The highest BCUT2D eigenvalue weighted by molar-refractivity contribution is 5.77. The van der Waals surface area contributed by atoms with Gasteiger partial charge in [-0.15, -0.1) is 0 Å². The molecule has 1 aliphatic heterocycles. The third-order valence-electron chi connectivity index (χ3n) is 2.85. The molecule has 0 aromatic heterocycles. The summed E-state index contributed by atoms with van der Waals surface area (Å²) >= 11 is 0. The van der Waals surface area contributed by atoms with Gasteiger partial charge < -0.3 is 10.6 Å². The molecule has 0 spiro atoms. The Bertz CT molecular complexity index is 386. The molecule has 1 atom stereocenters. The van der Waals surface area contributed by atoms with Crippen LogP contribution in [0.4, 0.5) is 4.39 Å². The molecule has 4 heteroatoms. The van der Waals surface area contributed by atoms with Crippen molar-refractivity contribution in [1.82, 2.24) is 10.6 Å². The Balaban J connectivity index is 2.31. The van der Waals surface area contributed by atoms with Crippen LogP contribution in [0.2, 0.25) is 0 Å². The summed E-state index contributed by atoms with van der Waals surface area (Å²) in [5, 5.41) is 5.95. The van der Waals surface area contributed by atoms with E-state index in [2.05, 4.69) is 10.6 Å². The topological polar surface area (TPSA) is 41.1 Å². The predicted octanol–water partition coefficient (Wildman–Crippen LogP) is 1.28. The number of nitrogens with one attached hydrogen (secondary N) is 2. The predicted molar refractivity (Wildman–Crippen MR) is 59.5 cm³/mol. The normalized spacial score (nSPS) is 21.4. The number of carbonyl (C=O) groups excluding carboxylic acids is 1. The Morgan fingerprint density at radius 1 is 1.38 bits per heavy atom. The second-order valence-corrected chi connectivity index (χ2v) is 4.03. The van der Waals surface area contributed by atoms with Crippen LogP contribution in [0.15, 0.2) is 18.2 Å². The van der Waals surface area contributed by atoms with Crippen LogP contribution in [-0.2, 0) is 4.79 Å². The van der Waals surface area contributed by atoms with E-state index in [9.17, 15) is 9.18 Å². The average molecular weight is 222 g/mol. The van der Waals surface area contributed by atoms with Crippen molar-refractivity contribution in [3.8, 4) is 0 Å². The van der Waals surface area contributed by atoms with Crippen LogP contribution < -0.4 is 10.6 Å². The van der Waals surface area contributed by atoms with Crippen LogP contribution >= 0.6 is 0 Å². The molecule has 1 fully saturated rings. The zero-order chi connectivity index (χ0) is 11.5. The van der Waals surface area contributed by atoms with Crippen LogP contribution in [0.25, 0.3) is 0 Å². The largest absolute Gasteiger partial charge is 0.355 e. The maximum atomic E-state index is 13.7. The first kappa shape index (κ1) is 11.1. The molecular formula is C12H15FN2O. The third-order valence-corrected chi connectivity index (χ3v) is 2.85. The van der Waals surface area contributed by atoms with Crippen molar-refractivity contribution in [2.45, 2.75) is 19.4 Å². The van der Waals surface area contributed by atoms with E-state index >= 15 is 0 Å². The summed E-state index contributed by atoms with van der Waals surface area (Å²) in [6.07, 6.45) is 0.293. The van der Waals surface area contributed by atoms with Crippen LogP contribution in [-0.4, -0.2) is 19.0 Å². The van der Waals surface area contributed by atoms with Crippen LogP contribution in [0.5, 0.6) is 0 Å². The number of rotatable bonds is 1. The molecule has 0 saturated carbocycles. The van der Waals surface area contributed by atoms with Crippen molar-refractivity contribution in [2.24, 2.45) is 0 Å². The molecular weight excluding hydrogens is 207 g/mol. The van der Waals surface area contributed by atoms with E-state index in [1.807, 2.05) is 13.0 Å². The van der Waals surface area contributed by atoms with Crippen molar-refractivity contribution in [3.05, 3.63) is 35.1 Å². The maximum absolute atomic E-state index is 13.7. The monoisotopic (exact) mass is 222 g/mol.